The Bertz CT molecular complexity index is 694. The number of carbonyl (C=O) groups excluding carboxylic acids is 1. The van der Waals surface area contributed by atoms with Crippen LogP contribution < -0.4 is 4.74 Å². The van der Waals surface area contributed by atoms with Crippen LogP contribution in [0.2, 0.25) is 0 Å². The van der Waals surface area contributed by atoms with Gasteiger partial charge in [0.25, 0.3) is 0 Å². The largest absolute Gasteiger partial charge is 0.496 e. The molecule has 0 aliphatic heterocycles. The van der Waals surface area contributed by atoms with Gasteiger partial charge in [0, 0.05) is 6.42 Å². The summed E-state index contributed by atoms with van der Waals surface area (Å²) in [7, 11) is 1.73. The summed E-state index contributed by atoms with van der Waals surface area (Å²) in [6.07, 6.45) is 4.82. The summed E-state index contributed by atoms with van der Waals surface area (Å²) in [4.78, 5) is 13.0. The zero-order chi connectivity index (χ0) is 17.0. The standard InChI is InChI=1S/C21H28O2/c1-13(2)15-12-16-14(11-17(15)23-6)7-8-18-20(3,4)10-9-19(22)21(16,18)5/h8,11-13H,7,9-10H2,1-6H3. The Morgan fingerprint density at radius 3 is 2.48 bits per heavy atom. The van der Waals surface area contributed by atoms with Crippen LogP contribution in [0, 0.1) is 5.41 Å². The fourth-order valence-electron chi connectivity index (χ4n) is 4.53. The van der Waals surface area contributed by atoms with Crippen molar-refractivity contribution in [3.05, 3.63) is 40.5 Å². The first-order chi connectivity index (χ1) is 10.7. The molecular weight excluding hydrogens is 284 g/mol. The average molecular weight is 312 g/mol. The SMILES string of the molecule is COc1cc2c(cc1C(C)C)C1(C)C(=O)CCC(C)(C)C1=CC2. The maximum atomic E-state index is 13.0. The van der Waals surface area contributed by atoms with E-state index in [1.165, 1.54) is 22.3 Å². The molecule has 2 heteroatoms. The van der Waals surface area contributed by atoms with E-state index in [1.807, 2.05) is 0 Å². The number of Topliss-reactive ketones (excluding diaryl/α,β-unsaturated/α-hetero) is 1. The Labute approximate surface area is 139 Å². The molecule has 0 amide bonds. The van der Waals surface area contributed by atoms with Gasteiger partial charge in [-0.25, -0.2) is 0 Å². The summed E-state index contributed by atoms with van der Waals surface area (Å²) in [5.74, 6) is 1.69. The Hall–Kier alpha value is -1.57. The maximum absolute atomic E-state index is 13.0. The molecule has 2 aliphatic carbocycles. The van der Waals surface area contributed by atoms with E-state index in [1.54, 1.807) is 7.11 Å². The van der Waals surface area contributed by atoms with Crippen molar-refractivity contribution in [3.8, 4) is 5.75 Å². The van der Waals surface area contributed by atoms with Crippen molar-refractivity contribution in [2.75, 3.05) is 7.11 Å². The fourth-order valence-corrected chi connectivity index (χ4v) is 4.53. The lowest BCUT2D eigenvalue weighted by Crippen LogP contribution is -2.47. The number of allylic oxidation sites excluding steroid dienone is 2. The lowest BCUT2D eigenvalue weighted by Gasteiger charge is -2.48. The quantitative estimate of drug-likeness (QED) is 0.722. The van der Waals surface area contributed by atoms with Gasteiger partial charge in [-0.2, -0.15) is 0 Å². The van der Waals surface area contributed by atoms with Gasteiger partial charge in [0.2, 0.25) is 0 Å². The number of rotatable bonds is 2. The van der Waals surface area contributed by atoms with E-state index in [0.717, 1.165) is 18.6 Å². The predicted molar refractivity (Wildman–Crippen MR) is 94.2 cm³/mol. The lowest BCUT2D eigenvalue weighted by molar-refractivity contribution is -0.125. The van der Waals surface area contributed by atoms with E-state index >= 15 is 0 Å². The van der Waals surface area contributed by atoms with E-state index < -0.39 is 5.41 Å². The highest BCUT2D eigenvalue weighted by Crippen LogP contribution is 2.53. The highest BCUT2D eigenvalue weighted by molar-refractivity contribution is 5.96. The second-order valence-corrected chi connectivity index (χ2v) is 8.16. The van der Waals surface area contributed by atoms with E-state index in [9.17, 15) is 4.79 Å². The molecule has 0 heterocycles. The third-order valence-electron chi connectivity index (χ3n) is 5.94. The van der Waals surface area contributed by atoms with E-state index in [2.05, 4.69) is 52.8 Å². The topological polar surface area (TPSA) is 26.3 Å². The maximum Gasteiger partial charge on any atom is 0.147 e. The molecular formula is C21H28O2. The van der Waals surface area contributed by atoms with E-state index in [0.29, 0.717) is 18.1 Å². The van der Waals surface area contributed by atoms with Crippen LogP contribution in [0.15, 0.2) is 23.8 Å². The highest BCUT2D eigenvalue weighted by atomic mass is 16.5. The molecule has 2 aliphatic rings. The fraction of sp³-hybridized carbons (Fsp3) is 0.571. The number of ether oxygens (including phenoxy) is 1. The number of hydrogen-bond donors (Lipinski definition) is 0. The van der Waals surface area contributed by atoms with Crippen LogP contribution in [0.25, 0.3) is 0 Å². The van der Waals surface area contributed by atoms with Gasteiger partial charge in [-0.1, -0.05) is 45.4 Å². The molecule has 23 heavy (non-hydrogen) atoms. The van der Waals surface area contributed by atoms with Crippen molar-refractivity contribution in [2.24, 2.45) is 5.41 Å². The van der Waals surface area contributed by atoms with Crippen LogP contribution in [0.5, 0.6) is 5.75 Å². The molecule has 1 atom stereocenters. The molecule has 0 aromatic heterocycles. The first-order valence-electron chi connectivity index (χ1n) is 8.67. The number of fused-ring (bicyclic) bond motifs is 3. The molecule has 0 saturated heterocycles. The second kappa shape index (κ2) is 5.22. The summed E-state index contributed by atoms with van der Waals surface area (Å²) >= 11 is 0. The van der Waals surface area contributed by atoms with E-state index in [-0.39, 0.29) is 5.41 Å². The third kappa shape index (κ3) is 2.26. The molecule has 1 fully saturated rings. The van der Waals surface area contributed by atoms with Gasteiger partial charge >= 0.3 is 0 Å². The van der Waals surface area contributed by atoms with Gasteiger partial charge < -0.3 is 4.74 Å². The van der Waals surface area contributed by atoms with Crippen molar-refractivity contribution in [1.29, 1.82) is 0 Å². The lowest BCUT2D eigenvalue weighted by atomic mass is 9.54. The van der Waals surface area contributed by atoms with Crippen molar-refractivity contribution >= 4 is 5.78 Å². The van der Waals surface area contributed by atoms with Crippen molar-refractivity contribution in [1.82, 2.24) is 0 Å². The predicted octanol–water partition coefficient (Wildman–Crippen LogP) is 4.95. The molecule has 0 radical (unpaired) electrons. The van der Waals surface area contributed by atoms with Crippen LogP contribution in [0.4, 0.5) is 0 Å². The molecule has 0 N–H and O–H groups in total. The molecule has 0 bridgehead atoms. The van der Waals surface area contributed by atoms with Crippen LogP contribution in [0.1, 0.15) is 70.1 Å². The Balaban J connectivity index is 2.25. The van der Waals surface area contributed by atoms with Crippen LogP contribution in [0.3, 0.4) is 0 Å². The van der Waals surface area contributed by atoms with Crippen molar-refractivity contribution < 1.29 is 9.53 Å². The minimum atomic E-state index is -0.467. The number of methoxy groups -OCH3 is 1. The van der Waals surface area contributed by atoms with Gasteiger partial charge in [0.15, 0.2) is 0 Å². The number of ketones is 1. The van der Waals surface area contributed by atoms with Crippen LogP contribution in [-0.4, -0.2) is 12.9 Å². The molecule has 1 unspecified atom stereocenters. The molecule has 1 aromatic carbocycles. The van der Waals surface area contributed by atoms with Gasteiger partial charge in [-0.15, -0.1) is 0 Å². The molecule has 124 valence electrons. The zero-order valence-corrected chi connectivity index (χ0v) is 15.2. The monoisotopic (exact) mass is 312 g/mol. The average Bonchev–Trinajstić information content (AvgIpc) is 2.50. The normalized spacial score (nSPS) is 25.7. The minimum Gasteiger partial charge on any atom is -0.496 e. The summed E-state index contributed by atoms with van der Waals surface area (Å²) in [6.45, 7) is 11.1. The minimum absolute atomic E-state index is 0.0955. The zero-order valence-electron chi connectivity index (χ0n) is 15.2. The molecule has 1 saturated carbocycles. The molecule has 2 nitrogen and oxygen atoms in total. The van der Waals surface area contributed by atoms with Crippen LogP contribution >= 0.6 is 0 Å². The van der Waals surface area contributed by atoms with Gasteiger partial charge in [-0.05, 0) is 53.9 Å². The van der Waals surface area contributed by atoms with Crippen molar-refractivity contribution in [3.63, 3.8) is 0 Å². The van der Waals surface area contributed by atoms with Gasteiger partial charge in [0.1, 0.15) is 11.5 Å². The molecule has 3 rings (SSSR count). The summed E-state index contributed by atoms with van der Waals surface area (Å²) in [6, 6.07) is 4.39. The third-order valence-corrected chi connectivity index (χ3v) is 5.94. The molecule has 0 spiro atoms. The Morgan fingerprint density at radius 2 is 1.87 bits per heavy atom. The summed E-state index contributed by atoms with van der Waals surface area (Å²) < 4.78 is 5.60. The number of carbonyl (C=O) groups is 1. The van der Waals surface area contributed by atoms with E-state index in [4.69, 9.17) is 4.74 Å². The summed E-state index contributed by atoms with van der Waals surface area (Å²) in [5, 5.41) is 0. The Kier molecular flexibility index (Phi) is 3.70. The number of benzene rings is 1. The van der Waals surface area contributed by atoms with Crippen molar-refractivity contribution in [2.45, 2.75) is 65.2 Å². The molecule has 1 aromatic rings. The van der Waals surface area contributed by atoms with Crippen LogP contribution in [-0.2, 0) is 16.6 Å². The Morgan fingerprint density at radius 1 is 1.17 bits per heavy atom. The first kappa shape index (κ1) is 16.3. The smallest absolute Gasteiger partial charge is 0.147 e. The number of hydrogen-bond acceptors (Lipinski definition) is 2. The summed E-state index contributed by atoms with van der Waals surface area (Å²) in [5.41, 5.74) is 4.59. The van der Waals surface area contributed by atoms with Gasteiger partial charge in [0.05, 0.1) is 12.5 Å². The first-order valence-corrected chi connectivity index (χ1v) is 8.67. The van der Waals surface area contributed by atoms with Gasteiger partial charge in [-0.3, -0.25) is 4.79 Å². The second-order valence-electron chi connectivity index (χ2n) is 8.16. The highest BCUT2D eigenvalue weighted by Gasteiger charge is 2.50.